The highest BCUT2D eigenvalue weighted by atomic mass is 19.1. The number of anilines is 1. The first-order valence-electron chi connectivity index (χ1n) is 10.5. The van der Waals surface area contributed by atoms with E-state index in [1.165, 1.54) is 6.07 Å². The molecule has 0 atom stereocenters. The van der Waals surface area contributed by atoms with Gasteiger partial charge in [-0.2, -0.15) is 0 Å². The van der Waals surface area contributed by atoms with Gasteiger partial charge in [-0.25, -0.2) is 14.0 Å². The molecule has 0 bridgehead atoms. The smallest absolute Gasteiger partial charge is 0.336 e. The summed E-state index contributed by atoms with van der Waals surface area (Å²) < 4.78 is 30.7. The van der Waals surface area contributed by atoms with Gasteiger partial charge in [0, 0.05) is 23.7 Å². The third kappa shape index (κ3) is 4.99. The lowest BCUT2D eigenvalue weighted by Crippen LogP contribution is -2.29. The SMILES string of the molecule is CCOC(=O)C1=CN(c2ccc(OCC)cc2)C=C(C(=O)OCC)C1c1ccccc1F. The monoisotopic (exact) mass is 439 g/mol. The molecule has 2 aromatic rings. The van der Waals surface area contributed by atoms with Gasteiger partial charge >= 0.3 is 11.9 Å². The fourth-order valence-corrected chi connectivity index (χ4v) is 3.50. The molecule has 0 N–H and O–H groups in total. The lowest BCUT2D eigenvalue weighted by Gasteiger charge is -2.30. The molecule has 6 nitrogen and oxygen atoms in total. The molecule has 0 aliphatic carbocycles. The van der Waals surface area contributed by atoms with Crippen molar-refractivity contribution < 1.29 is 28.2 Å². The number of hydrogen-bond acceptors (Lipinski definition) is 6. The molecule has 1 aliphatic heterocycles. The summed E-state index contributed by atoms with van der Waals surface area (Å²) in [6.45, 7) is 6.08. The highest BCUT2D eigenvalue weighted by Crippen LogP contribution is 2.39. The molecule has 3 rings (SSSR count). The normalized spacial score (nSPS) is 13.8. The Labute approximate surface area is 186 Å². The molecule has 0 unspecified atom stereocenters. The lowest BCUT2D eigenvalue weighted by molar-refractivity contribution is -0.139. The second-order valence-corrected chi connectivity index (χ2v) is 6.90. The van der Waals surface area contributed by atoms with E-state index >= 15 is 0 Å². The summed E-state index contributed by atoms with van der Waals surface area (Å²) in [6, 6.07) is 13.2. The van der Waals surface area contributed by atoms with E-state index in [1.54, 1.807) is 73.6 Å². The fourth-order valence-electron chi connectivity index (χ4n) is 3.50. The summed E-state index contributed by atoms with van der Waals surface area (Å²) in [5.41, 5.74) is 1.15. The Bertz CT molecular complexity index is 993. The highest BCUT2D eigenvalue weighted by Gasteiger charge is 2.37. The molecule has 0 saturated carbocycles. The number of carbonyl (C=O) groups excluding carboxylic acids is 2. The van der Waals surface area contributed by atoms with Crippen LogP contribution >= 0.6 is 0 Å². The molecule has 32 heavy (non-hydrogen) atoms. The third-order valence-electron chi connectivity index (χ3n) is 4.86. The standard InChI is InChI=1S/C25H26FNO5/c1-4-30-18-13-11-17(12-14-18)27-15-20(24(28)31-5-2)23(19-9-7-8-10-22(19)26)21(16-27)25(29)32-6-3/h7-16,23H,4-6H2,1-3H3. The zero-order chi connectivity index (χ0) is 23.1. The van der Waals surface area contributed by atoms with Crippen molar-refractivity contribution in [2.24, 2.45) is 0 Å². The molecule has 7 heteroatoms. The molecule has 0 radical (unpaired) electrons. The first-order valence-corrected chi connectivity index (χ1v) is 10.5. The van der Waals surface area contributed by atoms with Crippen molar-refractivity contribution in [2.75, 3.05) is 24.7 Å². The van der Waals surface area contributed by atoms with E-state index in [9.17, 15) is 14.0 Å². The minimum atomic E-state index is -0.965. The van der Waals surface area contributed by atoms with Crippen LogP contribution in [0, 0.1) is 5.82 Å². The van der Waals surface area contributed by atoms with Gasteiger partial charge in [-0.05, 0) is 51.1 Å². The molecular formula is C25H26FNO5. The van der Waals surface area contributed by atoms with Crippen LogP contribution in [-0.2, 0) is 19.1 Å². The van der Waals surface area contributed by atoms with Crippen molar-refractivity contribution in [1.82, 2.24) is 0 Å². The van der Waals surface area contributed by atoms with Gasteiger partial charge in [-0.3, -0.25) is 0 Å². The van der Waals surface area contributed by atoms with Gasteiger partial charge in [0.2, 0.25) is 0 Å². The fraction of sp³-hybridized carbons (Fsp3) is 0.280. The summed E-state index contributed by atoms with van der Waals surface area (Å²) in [4.78, 5) is 27.4. The van der Waals surface area contributed by atoms with Gasteiger partial charge in [0.05, 0.1) is 36.9 Å². The van der Waals surface area contributed by atoms with E-state index in [0.717, 1.165) is 0 Å². The molecule has 168 valence electrons. The Balaban J connectivity index is 2.14. The minimum absolute atomic E-state index is 0.136. The van der Waals surface area contributed by atoms with E-state index < -0.39 is 23.7 Å². The minimum Gasteiger partial charge on any atom is -0.494 e. The summed E-state index contributed by atoms with van der Waals surface area (Å²) in [5, 5.41) is 0. The summed E-state index contributed by atoms with van der Waals surface area (Å²) in [7, 11) is 0. The van der Waals surface area contributed by atoms with Crippen molar-refractivity contribution in [1.29, 1.82) is 0 Å². The highest BCUT2D eigenvalue weighted by molar-refractivity contribution is 6.00. The molecule has 1 aliphatic rings. The van der Waals surface area contributed by atoms with Crippen LogP contribution in [0.1, 0.15) is 32.3 Å². The van der Waals surface area contributed by atoms with Crippen molar-refractivity contribution in [3.8, 4) is 5.75 Å². The number of carbonyl (C=O) groups is 2. The van der Waals surface area contributed by atoms with Crippen LogP contribution in [0.4, 0.5) is 10.1 Å². The second kappa shape index (κ2) is 10.6. The second-order valence-electron chi connectivity index (χ2n) is 6.90. The third-order valence-corrected chi connectivity index (χ3v) is 4.86. The average molecular weight is 439 g/mol. The van der Waals surface area contributed by atoms with Crippen LogP contribution in [-0.4, -0.2) is 31.8 Å². The van der Waals surface area contributed by atoms with E-state index in [0.29, 0.717) is 18.0 Å². The lowest BCUT2D eigenvalue weighted by atomic mass is 9.83. The number of esters is 2. The quantitative estimate of drug-likeness (QED) is 0.555. The van der Waals surface area contributed by atoms with Crippen molar-refractivity contribution in [3.63, 3.8) is 0 Å². The largest absolute Gasteiger partial charge is 0.494 e. The summed E-state index contributed by atoms with van der Waals surface area (Å²) >= 11 is 0. The van der Waals surface area contributed by atoms with E-state index in [1.807, 2.05) is 6.92 Å². The Hall–Kier alpha value is -3.61. The van der Waals surface area contributed by atoms with Gasteiger partial charge in [0.1, 0.15) is 11.6 Å². The van der Waals surface area contributed by atoms with Gasteiger partial charge < -0.3 is 19.1 Å². The zero-order valence-corrected chi connectivity index (χ0v) is 18.3. The maximum absolute atomic E-state index is 14.8. The predicted octanol–water partition coefficient (Wildman–Crippen LogP) is 4.72. The van der Waals surface area contributed by atoms with Gasteiger partial charge in [0.15, 0.2) is 0 Å². The molecule has 0 aromatic heterocycles. The Morgan fingerprint density at radius 3 is 1.91 bits per heavy atom. The van der Waals surface area contributed by atoms with Crippen LogP contribution < -0.4 is 9.64 Å². The molecule has 1 heterocycles. The Morgan fingerprint density at radius 2 is 1.41 bits per heavy atom. The van der Waals surface area contributed by atoms with Crippen LogP contribution in [0.2, 0.25) is 0 Å². The Kier molecular flexibility index (Phi) is 7.65. The first-order chi connectivity index (χ1) is 15.5. The molecule has 0 fully saturated rings. The number of benzene rings is 2. The maximum Gasteiger partial charge on any atom is 0.336 e. The summed E-state index contributed by atoms with van der Waals surface area (Å²) in [6.07, 6.45) is 3.13. The van der Waals surface area contributed by atoms with Gasteiger partial charge in [-0.1, -0.05) is 18.2 Å². The molecular weight excluding hydrogens is 413 g/mol. The van der Waals surface area contributed by atoms with Crippen molar-refractivity contribution >= 4 is 17.6 Å². The average Bonchev–Trinajstić information content (AvgIpc) is 2.80. The van der Waals surface area contributed by atoms with E-state index in [2.05, 4.69) is 0 Å². The van der Waals surface area contributed by atoms with Crippen LogP contribution in [0.15, 0.2) is 72.1 Å². The number of hydrogen-bond donors (Lipinski definition) is 0. The van der Waals surface area contributed by atoms with E-state index in [-0.39, 0.29) is 29.9 Å². The Morgan fingerprint density at radius 1 is 0.844 bits per heavy atom. The molecule has 0 amide bonds. The number of ether oxygens (including phenoxy) is 3. The number of rotatable bonds is 8. The van der Waals surface area contributed by atoms with Gasteiger partial charge in [0.25, 0.3) is 0 Å². The first kappa shape index (κ1) is 23.1. The van der Waals surface area contributed by atoms with Crippen LogP contribution in [0.5, 0.6) is 5.75 Å². The molecule has 0 spiro atoms. The van der Waals surface area contributed by atoms with E-state index in [4.69, 9.17) is 14.2 Å². The topological polar surface area (TPSA) is 65.1 Å². The van der Waals surface area contributed by atoms with Crippen LogP contribution in [0.25, 0.3) is 0 Å². The zero-order valence-electron chi connectivity index (χ0n) is 18.3. The molecule has 0 saturated heterocycles. The van der Waals surface area contributed by atoms with Crippen LogP contribution in [0.3, 0.4) is 0 Å². The van der Waals surface area contributed by atoms with Crippen molar-refractivity contribution in [3.05, 3.63) is 83.5 Å². The summed E-state index contributed by atoms with van der Waals surface area (Å²) in [5.74, 6) is -2.06. The maximum atomic E-state index is 14.8. The van der Waals surface area contributed by atoms with Crippen molar-refractivity contribution in [2.45, 2.75) is 26.7 Å². The number of halogens is 1. The predicted molar refractivity (Wildman–Crippen MR) is 119 cm³/mol. The molecule has 2 aromatic carbocycles. The van der Waals surface area contributed by atoms with Gasteiger partial charge in [-0.15, -0.1) is 0 Å². The number of nitrogens with zero attached hydrogens (tertiary/aromatic N) is 1.